The topological polar surface area (TPSA) is 68.0 Å². The van der Waals surface area contributed by atoms with E-state index < -0.39 is 0 Å². The molecular weight excluding hydrogens is 294 g/mol. The number of nitrogens with two attached hydrogens (primary N) is 1. The lowest BCUT2D eigenvalue weighted by Crippen LogP contribution is -2.26. The summed E-state index contributed by atoms with van der Waals surface area (Å²) in [5, 5.41) is 4.13. The molecule has 2 aromatic rings. The van der Waals surface area contributed by atoms with Crippen LogP contribution in [-0.4, -0.2) is 17.4 Å². The number of carbonyl (C=O) groups excluding carboxylic acids is 1. The maximum Gasteiger partial charge on any atom is 0.228 e. The number of benzene rings is 1. The van der Waals surface area contributed by atoms with Gasteiger partial charge in [0.1, 0.15) is 0 Å². The number of thiazole rings is 1. The zero-order chi connectivity index (χ0) is 13.4. The van der Waals surface area contributed by atoms with Crippen molar-refractivity contribution in [2.45, 2.75) is 25.7 Å². The molecule has 20 heavy (non-hydrogen) atoms. The van der Waals surface area contributed by atoms with Crippen molar-refractivity contribution in [3.8, 4) is 0 Å². The largest absolute Gasteiger partial charge is 0.330 e. The van der Waals surface area contributed by atoms with Crippen LogP contribution in [0.4, 0.5) is 5.69 Å². The molecule has 1 saturated carbocycles. The van der Waals surface area contributed by atoms with Crippen molar-refractivity contribution in [1.29, 1.82) is 0 Å². The van der Waals surface area contributed by atoms with E-state index in [4.69, 9.17) is 5.73 Å². The van der Waals surface area contributed by atoms with Crippen molar-refractivity contribution in [1.82, 2.24) is 4.98 Å². The molecule has 1 unspecified atom stereocenters. The molecule has 1 atom stereocenters. The van der Waals surface area contributed by atoms with Crippen molar-refractivity contribution in [2.75, 3.05) is 11.9 Å². The minimum atomic E-state index is -0.167. The SMILES string of the molecule is CC(CN)C(=O)Nc1ccc2nc(C3CC3)sc2c1.Cl. The quantitative estimate of drug-likeness (QED) is 0.911. The summed E-state index contributed by atoms with van der Waals surface area (Å²) in [6.07, 6.45) is 2.52. The Labute approximate surface area is 128 Å². The van der Waals surface area contributed by atoms with Crippen molar-refractivity contribution >= 4 is 45.6 Å². The number of nitrogens with zero attached hydrogens (tertiary/aromatic N) is 1. The second-order valence-electron chi connectivity index (χ2n) is 5.13. The number of anilines is 1. The Morgan fingerprint density at radius 1 is 1.55 bits per heavy atom. The van der Waals surface area contributed by atoms with Crippen LogP contribution in [-0.2, 0) is 4.79 Å². The molecule has 0 bridgehead atoms. The van der Waals surface area contributed by atoms with Gasteiger partial charge in [0.05, 0.1) is 15.2 Å². The van der Waals surface area contributed by atoms with Gasteiger partial charge in [-0.2, -0.15) is 0 Å². The fraction of sp³-hybridized carbons (Fsp3) is 0.429. The fourth-order valence-corrected chi connectivity index (χ4v) is 3.07. The number of rotatable bonds is 4. The molecule has 0 radical (unpaired) electrons. The van der Waals surface area contributed by atoms with Crippen LogP contribution in [0.1, 0.15) is 30.7 Å². The normalized spacial score (nSPS) is 15.7. The smallest absolute Gasteiger partial charge is 0.228 e. The van der Waals surface area contributed by atoms with E-state index >= 15 is 0 Å². The Morgan fingerprint density at radius 2 is 2.30 bits per heavy atom. The molecule has 1 aliphatic rings. The minimum Gasteiger partial charge on any atom is -0.330 e. The van der Waals surface area contributed by atoms with Gasteiger partial charge in [-0.05, 0) is 31.0 Å². The average molecular weight is 312 g/mol. The van der Waals surface area contributed by atoms with Gasteiger partial charge in [-0.3, -0.25) is 4.79 Å². The van der Waals surface area contributed by atoms with Crippen LogP contribution >= 0.6 is 23.7 Å². The number of halogens is 1. The van der Waals surface area contributed by atoms with Crippen LogP contribution in [0.3, 0.4) is 0 Å². The van der Waals surface area contributed by atoms with Gasteiger partial charge in [0, 0.05) is 24.1 Å². The molecular formula is C14H18ClN3OS. The molecule has 3 N–H and O–H groups in total. The van der Waals surface area contributed by atoms with E-state index in [9.17, 15) is 4.79 Å². The number of hydrogen-bond acceptors (Lipinski definition) is 4. The number of nitrogens with one attached hydrogen (secondary N) is 1. The van der Waals surface area contributed by atoms with Crippen LogP contribution in [0, 0.1) is 5.92 Å². The monoisotopic (exact) mass is 311 g/mol. The summed E-state index contributed by atoms with van der Waals surface area (Å²) in [7, 11) is 0. The molecule has 1 fully saturated rings. The zero-order valence-corrected chi connectivity index (χ0v) is 12.9. The molecule has 1 aromatic heterocycles. The molecule has 108 valence electrons. The molecule has 1 heterocycles. The average Bonchev–Trinajstić information content (AvgIpc) is 3.17. The molecule has 1 aromatic carbocycles. The molecule has 4 nitrogen and oxygen atoms in total. The van der Waals surface area contributed by atoms with Gasteiger partial charge >= 0.3 is 0 Å². The highest BCUT2D eigenvalue weighted by Gasteiger charge is 2.27. The second-order valence-corrected chi connectivity index (χ2v) is 6.20. The van der Waals surface area contributed by atoms with E-state index in [1.54, 1.807) is 11.3 Å². The van der Waals surface area contributed by atoms with Gasteiger partial charge in [-0.15, -0.1) is 23.7 Å². The second kappa shape index (κ2) is 6.08. The standard InChI is InChI=1S/C14H17N3OS.ClH/c1-8(7-15)13(18)16-10-4-5-11-12(6-10)19-14(17-11)9-2-3-9;/h4-6,8-9H,2-3,7,15H2,1H3,(H,16,18);1H. The molecule has 0 spiro atoms. The Bertz CT molecular complexity index is 624. The summed E-state index contributed by atoms with van der Waals surface area (Å²) in [5.41, 5.74) is 7.34. The number of amides is 1. The van der Waals surface area contributed by atoms with E-state index in [2.05, 4.69) is 10.3 Å². The zero-order valence-electron chi connectivity index (χ0n) is 11.3. The van der Waals surface area contributed by atoms with Crippen LogP contribution < -0.4 is 11.1 Å². The van der Waals surface area contributed by atoms with Crippen LogP contribution in [0.15, 0.2) is 18.2 Å². The van der Waals surface area contributed by atoms with Crippen molar-refractivity contribution < 1.29 is 4.79 Å². The fourth-order valence-electron chi connectivity index (χ4n) is 1.90. The lowest BCUT2D eigenvalue weighted by atomic mass is 10.1. The summed E-state index contributed by atoms with van der Waals surface area (Å²) in [4.78, 5) is 16.4. The molecule has 1 amide bonds. The highest BCUT2D eigenvalue weighted by Crippen LogP contribution is 2.43. The molecule has 3 rings (SSSR count). The van der Waals surface area contributed by atoms with Gasteiger partial charge in [0.25, 0.3) is 0 Å². The summed E-state index contributed by atoms with van der Waals surface area (Å²) >= 11 is 1.74. The predicted octanol–water partition coefficient (Wildman–Crippen LogP) is 3.13. The first-order valence-corrected chi connectivity index (χ1v) is 7.40. The van der Waals surface area contributed by atoms with E-state index in [-0.39, 0.29) is 24.2 Å². The van der Waals surface area contributed by atoms with Crippen LogP contribution in [0.5, 0.6) is 0 Å². The lowest BCUT2D eigenvalue weighted by molar-refractivity contribution is -0.119. The minimum absolute atomic E-state index is 0. The third-order valence-electron chi connectivity index (χ3n) is 3.40. The highest BCUT2D eigenvalue weighted by atomic mass is 35.5. The van der Waals surface area contributed by atoms with Crippen molar-refractivity contribution in [3.05, 3.63) is 23.2 Å². The Kier molecular flexibility index (Phi) is 4.62. The maximum atomic E-state index is 11.8. The van der Waals surface area contributed by atoms with Gasteiger partial charge in [0.2, 0.25) is 5.91 Å². The third kappa shape index (κ3) is 3.11. The van der Waals surface area contributed by atoms with Crippen LogP contribution in [0.25, 0.3) is 10.2 Å². The van der Waals surface area contributed by atoms with Gasteiger partial charge in [-0.25, -0.2) is 4.98 Å². The molecule has 0 saturated heterocycles. The molecule has 0 aliphatic heterocycles. The van der Waals surface area contributed by atoms with Gasteiger partial charge in [-0.1, -0.05) is 6.92 Å². The number of carbonyl (C=O) groups is 1. The Hall–Kier alpha value is -1.17. The Balaban J connectivity index is 0.00000147. The number of hydrogen-bond donors (Lipinski definition) is 2. The van der Waals surface area contributed by atoms with Crippen molar-refractivity contribution in [2.24, 2.45) is 11.7 Å². The number of aromatic nitrogens is 1. The van der Waals surface area contributed by atoms with E-state index in [0.29, 0.717) is 12.5 Å². The van der Waals surface area contributed by atoms with E-state index in [1.165, 1.54) is 17.8 Å². The summed E-state index contributed by atoms with van der Waals surface area (Å²) in [6.45, 7) is 2.19. The summed E-state index contributed by atoms with van der Waals surface area (Å²) < 4.78 is 1.14. The van der Waals surface area contributed by atoms with Crippen molar-refractivity contribution in [3.63, 3.8) is 0 Å². The third-order valence-corrected chi connectivity index (χ3v) is 4.58. The van der Waals surface area contributed by atoms with E-state index in [0.717, 1.165) is 15.9 Å². The lowest BCUT2D eigenvalue weighted by Gasteiger charge is -2.09. The first-order chi connectivity index (χ1) is 9.17. The first-order valence-electron chi connectivity index (χ1n) is 6.59. The first kappa shape index (κ1) is 15.2. The van der Waals surface area contributed by atoms with Gasteiger partial charge < -0.3 is 11.1 Å². The van der Waals surface area contributed by atoms with E-state index in [1.807, 2.05) is 25.1 Å². The molecule has 6 heteroatoms. The van der Waals surface area contributed by atoms with Gasteiger partial charge in [0.15, 0.2) is 0 Å². The summed E-state index contributed by atoms with van der Waals surface area (Å²) in [6, 6.07) is 5.88. The number of fused-ring (bicyclic) bond motifs is 1. The van der Waals surface area contributed by atoms with Crippen LogP contribution in [0.2, 0.25) is 0 Å². The predicted molar refractivity (Wildman–Crippen MR) is 85.7 cm³/mol. The highest BCUT2D eigenvalue weighted by molar-refractivity contribution is 7.18. The summed E-state index contributed by atoms with van der Waals surface area (Å²) in [5.74, 6) is 0.473. The molecule has 1 aliphatic carbocycles. The Morgan fingerprint density at radius 3 is 2.95 bits per heavy atom. The maximum absolute atomic E-state index is 11.8.